The fourth-order valence-corrected chi connectivity index (χ4v) is 3.49. The van der Waals surface area contributed by atoms with Gasteiger partial charge in [0.2, 0.25) is 5.88 Å². The van der Waals surface area contributed by atoms with Crippen LogP contribution in [0.4, 0.5) is 5.69 Å². The molecule has 4 rings (SSSR count). The van der Waals surface area contributed by atoms with Crippen LogP contribution in [0.1, 0.15) is 15.9 Å². The average molecular weight is 492 g/mol. The second-order valence-corrected chi connectivity index (χ2v) is 7.82. The molecule has 3 aromatic carbocycles. The van der Waals surface area contributed by atoms with Crippen molar-refractivity contribution in [2.24, 2.45) is 0 Å². The van der Waals surface area contributed by atoms with Crippen molar-refractivity contribution in [3.05, 3.63) is 105 Å². The van der Waals surface area contributed by atoms with E-state index in [1.165, 1.54) is 23.9 Å². The van der Waals surface area contributed by atoms with E-state index >= 15 is 0 Å². The number of rotatable bonds is 8. The third kappa shape index (κ3) is 5.80. The summed E-state index contributed by atoms with van der Waals surface area (Å²) < 4.78 is 17.2. The fourth-order valence-electron chi connectivity index (χ4n) is 3.24. The monoisotopic (exact) mass is 491 g/mol. The molecule has 0 saturated carbocycles. The fraction of sp³-hybridized carbons (Fsp3) is 0.115. The topological polar surface area (TPSA) is 91.7 Å². The Kier molecular flexibility index (Phi) is 7.32. The molecule has 1 heterocycles. The van der Waals surface area contributed by atoms with E-state index in [0.29, 0.717) is 33.6 Å². The Bertz CT molecular complexity index is 1390. The van der Waals surface area contributed by atoms with E-state index in [0.717, 1.165) is 11.3 Å². The lowest BCUT2D eigenvalue weighted by Crippen LogP contribution is -2.20. The van der Waals surface area contributed by atoms with E-state index in [9.17, 15) is 9.59 Å². The lowest BCUT2D eigenvalue weighted by atomic mass is 10.2. The van der Waals surface area contributed by atoms with Crippen molar-refractivity contribution in [2.45, 2.75) is 6.61 Å². The molecule has 1 amide bonds. The molecule has 1 N–H and O–H groups in total. The molecule has 0 aliphatic heterocycles. The zero-order valence-corrected chi connectivity index (χ0v) is 19.8. The number of anilines is 1. The zero-order chi connectivity index (χ0) is 24.8. The Balaban J connectivity index is 1.45. The van der Waals surface area contributed by atoms with Gasteiger partial charge >= 0.3 is 0 Å². The smallest absolute Gasteiger partial charge is 0.271 e. The van der Waals surface area contributed by atoms with Crippen molar-refractivity contribution in [3.8, 4) is 23.1 Å². The highest BCUT2D eigenvalue weighted by Crippen LogP contribution is 2.27. The molecule has 0 unspecified atom stereocenters. The summed E-state index contributed by atoms with van der Waals surface area (Å²) >= 11 is 6.11. The minimum Gasteiger partial charge on any atom is -0.497 e. The Morgan fingerprint density at radius 2 is 1.69 bits per heavy atom. The molecule has 0 fully saturated rings. The maximum Gasteiger partial charge on any atom is 0.271 e. The minimum absolute atomic E-state index is 0.281. The van der Waals surface area contributed by atoms with Crippen LogP contribution in [0, 0.1) is 0 Å². The third-order valence-corrected chi connectivity index (χ3v) is 5.40. The molecule has 35 heavy (non-hydrogen) atoms. The van der Waals surface area contributed by atoms with E-state index in [2.05, 4.69) is 10.4 Å². The third-order valence-electron chi connectivity index (χ3n) is 5.11. The molecule has 0 aliphatic carbocycles. The van der Waals surface area contributed by atoms with E-state index < -0.39 is 0 Å². The van der Waals surface area contributed by atoms with E-state index in [-0.39, 0.29) is 18.1 Å². The van der Waals surface area contributed by atoms with Gasteiger partial charge in [-0.15, -0.1) is 5.10 Å². The van der Waals surface area contributed by atoms with Gasteiger partial charge in [0, 0.05) is 23.4 Å². The van der Waals surface area contributed by atoms with E-state index in [1.54, 1.807) is 49.6 Å². The highest BCUT2D eigenvalue weighted by atomic mass is 35.5. The van der Waals surface area contributed by atoms with Gasteiger partial charge in [0.25, 0.3) is 11.5 Å². The predicted octanol–water partition coefficient (Wildman–Crippen LogP) is 4.73. The van der Waals surface area contributed by atoms with Gasteiger partial charge in [-0.05, 0) is 60.2 Å². The molecular weight excluding hydrogens is 470 g/mol. The first kappa shape index (κ1) is 23.8. The van der Waals surface area contributed by atoms with Crippen LogP contribution in [0.2, 0.25) is 5.02 Å². The summed E-state index contributed by atoms with van der Waals surface area (Å²) in [5.41, 5.74) is 2.03. The zero-order valence-electron chi connectivity index (χ0n) is 19.0. The summed E-state index contributed by atoms with van der Waals surface area (Å²) in [6, 6.07) is 21.8. The Morgan fingerprint density at radius 1 is 0.943 bits per heavy atom. The van der Waals surface area contributed by atoms with Crippen LogP contribution in [-0.2, 0) is 6.61 Å². The van der Waals surface area contributed by atoms with Gasteiger partial charge in [-0.1, -0.05) is 23.7 Å². The number of methoxy groups -OCH3 is 2. The van der Waals surface area contributed by atoms with Gasteiger partial charge in [-0.3, -0.25) is 9.59 Å². The molecule has 0 saturated heterocycles. The molecule has 0 atom stereocenters. The molecule has 0 bridgehead atoms. The van der Waals surface area contributed by atoms with Crippen molar-refractivity contribution in [1.82, 2.24) is 9.78 Å². The van der Waals surface area contributed by atoms with E-state index in [4.69, 9.17) is 25.8 Å². The summed E-state index contributed by atoms with van der Waals surface area (Å²) in [4.78, 5) is 25.0. The molecule has 178 valence electrons. The van der Waals surface area contributed by atoms with Gasteiger partial charge in [0.15, 0.2) is 0 Å². The Morgan fingerprint density at radius 3 is 2.34 bits per heavy atom. The van der Waals surface area contributed by atoms with Gasteiger partial charge in [-0.2, -0.15) is 4.68 Å². The van der Waals surface area contributed by atoms with Crippen molar-refractivity contribution in [3.63, 3.8) is 0 Å². The number of hydrogen-bond donors (Lipinski definition) is 1. The van der Waals surface area contributed by atoms with Crippen LogP contribution in [0.15, 0.2) is 83.7 Å². The van der Waals surface area contributed by atoms with Gasteiger partial charge in [-0.25, -0.2) is 0 Å². The average Bonchev–Trinajstić information content (AvgIpc) is 2.88. The van der Waals surface area contributed by atoms with Crippen LogP contribution in [0.3, 0.4) is 0 Å². The minimum atomic E-state index is -0.327. The predicted molar refractivity (Wildman–Crippen MR) is 133 cm³/mol. The number of nitrogens with zero attached hydrogens (tertiary/aromatic N) is 2. The van der Waals surface area contributed by atoms with Crippen LogP contribution >= 0.6 is 11.6 Å². The summed E-state index contributed by atoms with van der Waals surface area (Å²) in [6.45, 7) is 0.281. The number of halogens is 1. The van der Waals surface area contributed by atoms with Crippen molar-refractivity contribution >= 4 is 23.2 Å². The molecule has 4 aromatic rings. The second kappa shape index (κ2) is 10.8. The SMILES string of the molecule is COc1ccc(COc2ccc(=O)n(-c3ccc(C(=O)Nc4ccc(OC)c(Cl)c4)cc3)n2)cc1. The number of benzene rings is 3. The molecule has 0 radical (unpaired) electrons. The highest BCUT2D eigenvalue weighted by molar-refractivity contribution is 6.32. The lowest BCUT2D eigenvalue weighted by Gasteiger charge is -2.10. The van der Waals surface area contributed by atoms with Crippen molar-refractivity contribution < 1.29 is 19.0 Å². The molecular formula is C26H22ClN3O5. The maximum absolute atomic E-state index is 12.6. The van der Waals surface area contributed by atoms with Crippen LogP contribution < -0.4 is 25.1 Å². The largest absolute Gasteiger partial charge is 0.497 e. The standard InChI is InChI=1S/C26H22ClN3O5/c1-33-21-10-3-17(4-11-21)16-35-24-13-14-25(31)30(29-24)20-8-5-18(6-9-20)26(32)28-19-7-12-23(34-2)22(27)15-19/h3-15H,16H2,1-2H3,(H,28,32). The normalized spacial score (nSPS) is 10.5. The number of ether oxygens (including phenoxy) is 3. The van der Waals surface area contributed by atoms with Gasteiger partial charge in [0.1, 0.15) is 18.1 Å². The molecule has 0 spiro atoms. The number of amides is 1. The maximum atomic E-state index is 12.6. The van der Waals surface area contributed by atoms with Crippen molar-refractivity contribution in [2.75, 3.05) is 19.5 Å². The number of hydrogen-bond acceptors (Lipinski definition) is 6. The summed E-state index contributed by atoms with van der Waals surface area (Å²) in [5, 5.41) is 7.46. The summed E-state index contributed by atoms with van der Waals surface area (Å²) in [7, 11) is 3.12. The Hall–Kier alpha value is -4.30. The number of carbonyl (C=O) groups excluding carboxylic acids is 1. The summed E-state index contributed by atoms with van der Waals surface area (Å²) in [6.07, 6.45) is 0. The van der Waals surface area contributed by atoms with E-state index in [1.807, 2.05) is 24.3 Å². The van der Waals surface area contributed by atoms with Gasteiger partial charge in [0.05, 0.1) is 24.9 Å². The second-order valence-electron chi connectivity index (χ2n) is 7.41. The highest BCUT2D eigenvalue weighted by Gasteiger charge is 2.10. The Labute approximate surface area is 206 Å². The summed E-state index contributed by atoms with van der Waals surface area (Å²) in [5.74, 6) is 1.24. The first-order valence-electron chi connectivity index (χ1n) is 10.6. The quantitative estimate of drug-likeness (QED) is 0.383. The number of nitrogens with one attached hydrogen (secondary N) is 1. The number of aromatic nitrogens is 2. The number of carbonyl (C=O) groups is 1. The first-order chi connectivity index (χ1) is 17.0. The van der Waals surface area contributed by atoms with Crippen LogP contribution in [-0.4, -0.2) is 29.9 Å². The first-order valence-corrected chi connectivity index (χ1v) is 11.0. The van der Waals surface area contributed by atoms with Crippen LogP contribution in [0.25, 0.3) is 5.69 Å². The lowest BCUT2D eigenvalue weighted by molar-refractivity contribution is 0.102. The molecule has 8 nitrogen and oxygen atoms in total. The van der Waals surface area contributed by atoms with Crippen molar-refractivity contribution in [1.29, 1.82) is 0 Å². The molecule has 1 aromatic heterocycles. The van der Waals surface area contributed by atoms with Gasteiger partial charge < -0.3 is 19.5 Å². The van der Waals surface area contributed by atoms with Crippen LogP contribution in [0.5, 0.6) is 17.4 Å². The molecule has 9 heteroatoms. The molecule has 0 aliphatic rings.